The first-order valence-electron chi connectivity index (χ1n) is 4.14. The molecule has 0 fully saturated rings. The fourth-order valence-corrected chi connectivity index (χ4v) is 1.23. The van der Waals surface area contributed by atoms with Crippen LogP contribution in [0, 0.1) is 0 Å². The van der Waals surface area contributed by atoms with Crippen LogP contribution < -0.4 is 10.5 Å². The Morgan fingerprint density at radius 1 is 1.43 bits per heavy atom. The van der Waals surface area contributed by atoms with Gasteiger partial charge in [0.2, 0.25) is 0 Å². The molecule has 0 radical (unpaired) electrons. The maximum atomic E-state index is 5.50. The number of ether oxygens (including phenoxy) is 2. The molecule has 0 amide bonds. The van der Waals surface area contributed by atoms with Crippen LogP contribution in [0.25, 0.3) is 0 Å². The molecular formula is C8H12BrN3O2. The van der Waals surface area contributed by atoms with Gasteiger partial charge in [0.15, 0.2) is 0 Å². The highest BCUT2D eigenvalue weighted by Crippen LogP contribution is 2.13. The molecule has 0 saturated heterocycles. The third-order valence-corrected chi connectivity index (χ3v) is 1.82. The first-order chi connectivity index (χ1) is 6.72. The standard InChI is InChI=1S/C8H12BrN3O2/c1-13-3-2-4-14-8-11-6(9)5-7(10)12-8/h5H,2-4H2,1H3,(H2,10,11,12). The Labute approximate surface area is 90.8 Å². The predicted molar refractivity (Wildman–Crippen MR) is 56.1 cm³/mol. The maximum Gasteiger partial charge on any atom is 0.319 e. The van der Waals surface area contributed by atoms with E-state index < -0.39 is 0 Å². The van der Waals surface area contributed by atoms with Crippen molar-refractivity contribution in [1.82, 2.24) is 9.97 Å². The van der Waals surface area contributed by atoms with Crippen LogP contribution in [0.2, 0.25) is 0 Å². The van der Waals surface area contributed by atoms with Gasteiger partial charge in [-0.3, -0.25) is 0 Å². The summed E-state index contributed by atoms with van der Waals surface area (Å²) < 4.78 is 10.7. The van der Waals surface area contributed by atoms with Crippen LogP contribution >= 0.6 is 15.9 Å². The Kier molecular flexibility index (Phi) is 4.61. The van der Waals surface area contributed by atoms with Crippen LogP contribution in [0.3, 0.4) is 0 Å². The van der Waals surface area contributed by atoms with E-state index in [2.05, 4.69) is 25.9 Å². The quantitative estimate of drug-likeness (QED) is 0.638. The fourth-order valence-electron chi connectivity index (χ4n) is 0.845. The van der Waals surface area contributed by atoms with Gasteiger partial charge in [-0.05, 0) is 15.9 Å². The van der Waals surface area contributed by atoms with E-state index in [4.69, 9.17) is 15.2 Å². The summed E-state index contributed by atoms with van der Waals surface area (Å²) in [4.78, 5) is 7.90. The summed E-state index contributed by atoms with van der Waals surface area (Å²) in [6.07, 6.45) is 0.798. The van der Waals surface area contributed by atoms with Crippen LogP contribution in [0.5, 0.6) is 6.01 Å². The van der Waals surface area contributed by atoms with Gasteiger partial charge >= 0.3 is 6.01 Å². The van der Waals surface area contributed by atoms with Crippen molar-refractivity contribution in [2.45, 2.75) is 6.42 Å². The lowest BCUT2D eigenvalue weighted by atomic mass is 10.5. The summed E-state index contributed by atoms with van der Waals surface area (Å²) in [5, 5.41) is 0. The summed E-state index contributed by atoms with van der Waals surface area (Å²) in [6.45, 7) is 1.17. The van der Waals surface area contributed by atoms with E-state index >= 15 is 0 Å². The van der Waals surface area contributed by atoms with E-state index in [1.54, 1.807) is 13.2 Å². The second kappa shape index (κ2) is 5.77. The lowest BCUT2D eigenvalue weighted by Gasteiger charge is -2.04. The largest absolute Gasteiger partial charge is 0.463 e. The number of methoxy groups -OCH3 is 1. The summed E-state index contributed by atoms with van der Waals surface area (Å²) in [7, 11) is 1.65. The van der Waals surface area contributed by atoms with Gasteiger partial charge in [0, 0.05) is 26.2 Å². The minimum atomic E-state index is 0.285. The molecule has 0 atom stereocenters. The molecule has 0 spiro atoms. The normalized spacial score (nSPS) is 10.1. The van der Waals surface area contributed by atoms with Gasteiger partial charge in [-0.15, -0.1) is 0 Å². The number of anilines is 1. The lowest BCUT2D eigenvalue weighted by Crippen LogP contribution is -2.05. The van der Waals surface area contributed by atoms with E-state index in [9.17, 15) is 0 Å². The van der Waals surface area contributed by atoms with Crippen LogP contribution in [-0.2, 0) is 4.74 Å². The molecule has 2 N–H and O–H groups in total. The van der Waals surface area contributed by atoms with Crippen molar-refractivity contribution in [2.75, 3.05) is 26.1 Å². The zero-order valence-corrected chi connectivity index (χ0v) is 9.45. The van der Waals surface area contributed by atoms with Crippen molar-refractivity contribution in [3.63, 3.8) is 0 Å². The number of nitrogens with two attached hydrogens (primary N) is 1. The number of rotatable bonds is 5. The highest BCUT2D eigenvalue weighted by Gasteiger charge is 2.00. The van der Waals surface area contributed by atoms with Crippen molar-refractivity contribution in [3.05, 3.63) is 10.7 Å². The number of hydrogen-bond acceptors (Lipinski definition) is 5. The minimum Gasteiger partial charge on any atom is -0.463 e. The summed E-state index contributed by atoms with van der Waals surface area (Å²) in [5.74, 6) is 0.383. The molecule has 0 unspecified atom stereocenters. The fraction of sp³-hybridized carbons (Fsp3) is 0.500. The summed E-state index contributed by atoms with van der Waals surface area (Å²) in [6, 6.07) is 1.90. The Hall–Kier alpha value is -0.880. The van der Waals surface area contributed by atoms with Crippen molar-refractivity contribution >= 4 is 21.7 Å². The molecule has 5 nitrogen and oxygen atoms in total. The van der Waals surface area contributed by atoms with Crippen LogP contribution in [-0.4, -0.2) is 30.3 Å². The second-order valence-corrected chi connectivity index (χ2v) is 3.41. The number of nitrogens with zero attached hydrogens (tertiary/aromatic N) is 2. The van der Waals surface area contributed by atoms with Crippen molar-refractivity contribution in [3.8, 4) is 6.01 Å². The van der Waals surface area contributed by atoms with Gasteiger partial charge in [-0.1, -0.05) is 0 Å². The zero-order valence-electron chi connectivity index (χ0n) is 7.86. The molecule has 1 rings (SSSR count). The van der Waals surface area contributed by atoms with Crippen molar-refractivity contribution in [1.29, 1.82) is 0 Å². The molecular weight excluding hydrogens is 250 g/mol. The molecule has 6 heteroatoms. The average Bonchev–Trinajstić information content (AvgIpc) is 2.11. The van der Waals surface area contributed by atoms with Gasteiger partial charge in [-0.2, -0.15) is 9.97 Å². The first kappa shape index (κ1) is 11.2. The Morgan fingerprint density at radius 2 is 2.21 bits per heavy atom. The smallest absolute Gasteiger partial charge is 0.319 e. The maximum absolute atomic E-state index is 5.50. The number of nitrogen functional groups attached to an aromatic ring is 1. The molecule has 0 aliphatic carbocycles. The third kappa shape index (κ3) is 3.89. The van der Waals surface area contributed by atoms with Gasteiger partial charge in [-0.25, -0.2) is 0 Å². The molecule has 1 heterocycles. The molecule has 0 aromatic carbocycles. The van der Waals surface area contributed by atoms with E-state index in [1.807, 2.05) is 0 Å². The molecule has 1 aromatic rings. The summed E-state index contributed by atoms with van der Waals surface area (Å²) in [5.41, 5.74) is 5.50. The van der Waals surface area contributed by atoms with E-state index in [0.717, 1.165) is 6.42 Å². The molecule has 0 saturated carbocycles. The van der Waals surface area contributed by atoms with Gasteiger partial charge in [0.25, 0.3) is 0 Å². The molecule has 0 bridgehead atoms. The monoisotopic (exact) mass is 261 g/mol. The average molecular weight is 262 g/mol. The molecule has 0 aliphatic heterocycles. The number of halogens is 1. The first-order valence-corrected chi connectivity index (χ1v) is 4.93. The highest BCUT2D eigenvalue weighted by molar-refractivity contribution is 9.10. The highest BCUT2D eigenvalue weighted by atomic mass is 79.9. The van der Waals surface area contributed by atoms with Crippen LogP contribution in [0.4, 0.5) is 5.82 Å². The van der Waals surface area contributed by atoms with Gasteiger partial charge < -0.3 is 15.2 Å². The van der Waals surface area contributed by atoms with Crippen LogP contribution in [0.1, 0.15) is 6.42 Å². The second-order valence-electron chi connectivity index (χ2n) is 2.59. The zero-order chi connectivity index (χ0) is 10.4. The Balaban J connectivity index is 2.42. The predicted octanol–water partition coefficient (Wildman–Crippen LogP) is 1.24. The Morgan fingerprint density at radius 3 is 2.86 bits per heavy atom. The molecule has 14 heavy (non-hydrogen) atoms. The minimum absolute atomic E-state index is 0.285. The van der Waals surface area contributed by atoms with Crippen molar-refractivity contribution in [2.24, 2.45) is 0 Å². The van der Waals surface area contributed by atoms with Gasteiger partial charge in [0.1, 0.15) is 10.4 Å². The lowest BCUT2D eigenvalue weighted by molar-refractivity contribution is 0.168. The van der Waals surface area contributed by atoms with E-state index in [1.165, 1.54) is 0 Å². The molecule has 78 valence electrons. The van der Waals surface area contributed by atoms with E-state index in [-0.39, 0.29) is 6.01 Å². The van der Waals surface area contributed by atoms with E-state index in [0.29, 0.717) is 23.6 Å². The molecule has 0 aliphatic rings. The summed E-state index contributed by atoms with van der Waals surface area (Å²) >= 11 is 3.20. The Bertz CT molecular complexity index is 276. The van der Waals surface area contributed by atoms with Crippen LogP contribution in [0.15, 0.2) is 10.7 Å². The SMILES string of the molecule is COCCCOc1nc(N)cc(Br)n1. The third-order valence-electron chi connectivity index (χ3n) is 1.42. The van der Waals surface area contributed by atoms with Gasteiger partial charge in [0.05, 0.1) is 6.61 Å². The number of hydrogen-bond donors (Lipinski definition) is 1. The van der Waals surface area contributed by atoms with Crippen molar-refractivity contribution < 1.29 is 9.47 Å². The topological polar surface area (TPSA) is 70.3 Å². The number of aromatic nitrogens is 2. The molecule has 1 aromatic heterocycles.